The van der Waals surface area contributed by atoms with E-state index in [2.05, 4.69) is 0 Å². The van der Waals surface area contributed by atoms with E-state index in [1.54, 1.807) is 18.2 Å². The molecule has 2 nitrogen and oxygen atoms in total. The smallest absolute Gasteiger partial charge is 0.417 e. The highest BCUT2D eigenvalue weighted by Crippen LogP contribution is 2.35. The molecule has 0 fully saturated rings. The lowest BCUT2D eigenvalue weighted by Gasteiger charge is -2.12. The summed E-state index contributed by atoms with van der Waals surface area (Å²) in [5.74, 6) is 0.427. The van der Waals surface area contributed by atoms with E-state index in [-0.39, 0.29) is 5.75 Å². The van der Waals surface area contributed by atoms with Gasteiger partial charge < -0.3 is 4.74 Å². The van der Waals surface area contributed by atoms with Crippen LogP contribution < -0.4 is 4.74 Å². The van der Waals surface area contributed by atoms with Gasteiger partial charge in [0.05, 0.1) is 22.2 Å². The molecule has 0 aromatic heterocycles. The fourth-order valence-electron chi connectivity index (χ4n) is 1.74. The summed E-state index contributed by atoms with van der Waals surface area (Å²) in [6.45, 7) is 1.85. The molecule has 0 aliphatic heterocycles. The van der Waals surface area contributed by atoms with Crippen molar-refractivity contribution in [1.29, 1.82) is 5.26 Å². The molecule has 0 N–H and O–H groups in total. The van der Waals surface area contributed by atoms with Gasteiger partial charge >= 0.3 is 6.18 Å². The Morgan fingerprint density at radius 3 is 2.43 bits per heavy atom. The van der Waals surface area contributed by atoms with E-state index in [9.17, 15) is 13.2 Å². The van der Waals surface area contributed by atoms with Gasteiger partial charge in [-0.05, 0) is 42.8 Å². The molecule has 0 aliphatic rings. The molecular formula is C15H9ClF3NO. The van der Waals surface area contributed by atoms with Gasteiger partial charge in [0.25, 0.3) is 0 Å². The Bertz CT molecular complexity index is 720. The van der Waals surface area contributed by atoms with E-state index in [0.717, 1.165) is 23.8 Å². The van der Waals surface area contributed by atoms with Crippen LogP contribution in [0.3, 0.4) is 0 Å². The third kappa shape index (κ3) is 3.47. The average molecular weight is 312 g/mol. The van der Waals surface area contributed by atoms with Gasteiger partial charge in [0.1, 0.15) is 11.5 Å². The van der Waals surface area contributed by atoms with Crippen molar-refractivity contribution in [3.8, 4) is 17.6 Å². The Kier molecular flexibility index (Phi) is 4.10. The summed E-state index contributed by atoms with van der Waals surface area (Å²) in [4.78, 5) is 0. The highest BCUT2D eigenvalue weighted by atomic mass is 35.5. The number of ether oxygens (including phenoxy) is 1. The molecule has 6 heteroatoms. The molecule has 0 atom stereocenters. The number of hydrogen-bond donors (Lipinski definition) is 0. The van der Waals surface area contributed by atoms with Gasteiger partial charge in [0.15, 0.2) is 0 Å². The molecule has 0 bridgehead atoms. The third-order valence-electron chi connectivity index (χ3n) is 2.73. The summed E-state index contributed by atoms with van der Waals surface area (Å²) in [6, 6.07) is 9.57. The fourth-order valence-corrected chi connectivity index (χ4v) is 2.02. The number of halogens is 4. The molecular weight excluding hydrogens is 303 g/mol. The number of nitrogens with zero attached hydrogens (tertiary/aromatic N) is 1. The van der Waals surface area contributed by atoms with Crippen LogP contribution in [0, 0.1) is 18.3 Å². The normalized spacial score (nSPS) is 11.0. The Morgan fingerprint density at radius 2 is 1.86 bits per heavy atom. The van der Waals surface area contributed by atoms with E-state index in [1.807, 2.05) is 6.92 Å². The molecule has 21 heavy (non-hydrogen) atoms. The van der Waals surface area contributed by atoms with Crippen molar-refractivity contribution >= 4 is 11.6 Å². The quantitative estimate of drug-likeness (QED) is 0.751. The van der Waals surface area contributed by atoms with E-state index < -0.39 is 17.3 Å². The van der Waals surface area contributed by atoms with Gasteiger partial charge in [-0.3, -0.25) is 0 Å². The van der Waals surface area contributed by atoms with Gasteiger partial charge in [-0.25, -0.2) is 0 Å². The predicted octanol–water partition coefficient (Wildman–Crippen LogP) is 5.33. The van der Waals surface area contributed by atoms with Crippen LogP contribution in [-0.2, 0) is 6.18 Å². The Hall–Kier alpha value is -2.19. The Labute approximate surface area is 124 Å². The predicted molar refractivity (Wildman–Crippen MR) is 72.4 cm³/mol. The largest absolute Gasteiger partial charge is 0.456 e. The molecule has 2 rings (SSSR count). The van der Waals surface area contributed by atoms with Crippen molar-refractivity contribution in [2.45, 2.75) is 13.1 Å². The van der Waals surface area contributed by atoms with Crippen molar-refractivity contribution in [2.24, 2.45) is 0 Å². The van der Waals surface area contributed by atoms with Gasteiger partial charge in [0.2, 0.25) is 0 Å². The van der Waals surface area contributed by atoms with E-state index >= 15 is 0 Å². The molecule has 0 unspecified atom stereocenters. The molecule has 0 radical (unpaired) electrons. The zero-order chi connectivity index (χ0) is 15.6. The lowest BCUT2D eigenvalue weighted by atomic mass is 10.1. The second kappa shape index (κ2) is 5.66. The van der Waals surface area contributed by atoms with Crippen LogP contribution in [0.2, 0.25) is 5.02 Å². The highest BCUT2D eigenvalue weighted by molar-refractivity contribution is 6.32. The first-order valence-corrected chi connectivity index (χ1v) is 6.24. The minimum atomic E-state index is -4.58. The number of nitriles is 1. The van der Waals surface area contributed by atoms with Gasteiger partial charge in [-0.2, -0.15) is 18.4 Å². The second-order valence-corrected chi connectivity index (χ2v) is 4.76. The fraction of sp³-hybridized carbons (Fsp3) is 0.133. The first-order valence-electron chi connectivity index (χ1n) is 5.86. The molecule has 0 saturated carbocycles. The minimum absolute atomic E-state index is 0.116. The molecule has 0 amide bonds. The molecule has 2 aromatic carbocycles. The summed E-state index contributed by atoms with van der Waals surface area (Å²) in [6.07, 6.45) is -4.58. The second-order valence-electron chi connectivity index (χ2n) is 4.35. The van der Waals surface area contributed by atoms with Gasteiger partial charge in [-0.1, -0.05) is 17.7 Å². The molecule has 0 heterocycles. The van der Waals surface area contributed by atoms with Crippen molar-refractivity contribution in [3.05, 3.63) is 58.1 Å². The minimum Gasteiger partial charge on any atom is -0.456 e. The number of alkyl halides is 3. The zero-order valence-corrected chi connectivity index (χ0v) is 11.6. The van der Waals surface area contributed by atoms with Crippen LogP contribution >= 0.6 is 11.6 Å². The molecule has 0 aliphatic carbocycles. The molecule has 108 valence electrons. The van der Waals surface area contributed by atoms with Crippen molar-refractivity contribution in [3.63, 3.8) is 0 Å². The number of benzene rings is 2. The number of aryl methyl sites for hydroxylation is 1. The monoisotopic (exact) mass is 311 g/mol. The molecule has 2 aromatic rings. The summed E-state index contributed by atoms with van der Waals surface area (Å²) in [7, 11) is 0. The van der Waals surface area contributed by atoms with E-state index in [0.29, 0.717) is 10.8 Å². The third-order valence-corrected chi connectivity index (χ3v) is 3.03. The maximum absolute atomic E-state index is 12.7. The van der Waals surface area contributed by atoms with Crippen LogP contribution in [0.5, 0.6) is 11.5 Å². The number of hydrogen-bond acceptors (Lipinski definition) is 2. The summed E-state index contributed by atoms with van der Waals surface area (Å²) in [5.41, 5.74) is -0.562. The van der Waals surface area contributed by atoms with Crippen molar-refractivity contribution < 1.29 is 17.9 Å². The topological polar surface area (TPSA) is 33.0 Å². The van der Waals surface area contributed by atoms with Crippen molar-refractivity contribution in [1.82, 2.24) is 0 Å². The van der Waals surface area contributed by atoms with Crippen LogP contribution in [0.1, 0.15) is 16.7 Å². The summed E-state index contributed by atoms with van der Waals surface area (Å²) < 4.78 is 43.5. The SMILES string of the molecule is Cc1ccc(Oc2ccc(C(F)(F)F)c(C#N)c2)c(Cl)c1. The van der Waals surface area contributed by atoms with Crippen molar-refractivity contribution in [2.75, 3.05) is 0 Å². The molecule has 0 spiro atoms. The van der Waals surface area contributed by atoms with Crippen LogP contribution in [0.15, 0.2) is 36.4 Å². The standard InChI is InChI=1S/C15H9ClF3NO/c1-9-2-5-14(13(16)6-9)21-11-3-4-12(15(17,18)19)10(7-11)8-20/h2-7H,1H3. The zero-order valence-electron chi connectivity index (χ0n) is 10.8. The average Bonchev–Trinajstić information content (AvgIpc) is 2.40. The van der Waals surface area contributed by atoms with Crippen LogP contribution in [-0.4, -0.2) is 0 Å². The molecule has 0 saturated heterocycles. The maximum atomic E-state index is 12.7. The lowest BCUT2D eigenvalue weighted by Crippen LogP contribution is -2.07. The summed E-state index contributed by atoms with van der Waals surface area (Å²) >= 11 is 5.99. The first-order chi connectivity index (χ1) is 9.81. The Balaban J connectivity index is 2.36. The van der Waals surface area contributed by atoms with Gasteiger partial charge in [0, 0.05) is 0 Å². The first kappa shape index (κ1) is 15.2. The number of rotatable bonds is 2. The van der Waals surface area contributed by atoms with Crippen LogP contribution in [0.25, 0.3) is 0 Å². The lowest BCUT2D eigenvalue weighted by molar-refractivity contribution is -0.137. The van der Waals surface area contributed by atoms with E-state index in [1.165, 1.54) is 6.07 Å². The van der Waals surface area contributed by atoms with Crippen LogP contribution in [0.4, 0.5) is 13.2 Å². The highest BCUT2D eigenvalue weighted by Gasteiger charge is 2.33. The van der Waals surface area contributed by atoms with Gasteiger partial charge in [-0.15, -0.1) is 0 Å². The Morgan fingerprint density at radius 1 is 1.14 bits per heavy atom. The maximum Gasteiger partial charge on any atom is 0.417 e. The summed E-state index contributed by atoms with van der Waals surface area (Å²) in [5, 5.41) is 9.17. The van der Waals surface area contributed by atoms with E-state index in [4.69, 9.17) is 21.6 Å².